The maximum atomic E-state index is 11.2. The summed E-state index contributed by atoms with van der Waals surface area (Å²) in [7, 11) is 0. The van der Waals surface area contributed by atoms with Crippen molar-refractivity contribution >= 4 is 34.6 Å². The number of hydrogen-bond donors (Lipinski definition) is 1. The molecule has 5 nitrogen and oxygen atoms in total. The minimum Gasteiger partial charge on any atom is -0.365 e. The fourth-order valence-electron chi connectivity index (χ4n) is 2.98. The number of fused-ring (bicyclic) bond motifs is 1. The minimum absolute atomic E-state index is 0.0299. The Hall–Kier alpha value is -1.04. The Morgan fingerprint density at radius 3 is 2.37 bits per heavy atom. The van der Waals surface area contributed by atoms with Gasteiger partial charge in [-0.3, -0.25) is 10.1 Å². The predicted octanol–water partition coefficient (Wildman–Crippen LogP) is 2.56. The molecule has 102 valence electrons. The lowest BCUT2D eigenvalue weighted by Crippen LogP contribution is -2.26. The number of nitro benzene ring substituents is 1. The molecule has 1 N–H and O–H groups in total. The number of nitro groups is 1. The summed E-state index contributed by atoms with van der Waals surface area (Å²) in [6.45, 7) is 3.62. The van der Waals surface area contributed by atoms with Crippen molar-refractivity contribution in [2.24, 2.45) is 11.8 Å². The first kappa shape index (κ1) is 13.0. The van der Waals surface area contributed by atoms with Crippen molar-refractivity contribution in [3.8, 4) is 0 Å². The number of benzene rings is 1. The number of anilines is 1. The topological polar surface area (TPSA) is 58.4 Å². The van der Waals surface area contributed by atoms with Gasteiger partial charge in [-0.1, -0.05) is 23.2 Å². The maximum absolute atomic E-state index is 11.2. The summed E-state index contributed by atoms with van der Waals surface area (Å²) in [5, 5.41) is 15.1. The van der Waals surface area contributed by atoms with Gasteiger partial charge in [0, 0.05) is 32.2 Å². The Morgan fingerprint density at radius 2 is 1.79 bits per heavy atom. The largest absolute Gasteiger partial charge is 0.365 e. The molecule has 0 bridgehead atoms. The fourth-order valence-corrected chi connectivity index (χ4v) is 3.29. The molecule has 2 aliphatic rings. The highest BCUT2D eigenvalue weighted by molar-refractivity contribution is 6.42. The summed E-state index contributed by atoms with van der Waals surface area (Å²) < 4.78 is 0. The van der Waals surface area contributed by atoms with Gasteiger partial charge in [0.05, 0.1) is 15.0 Å². The molecule has 19 heavy (non-hydrogen) atoms. The van der Waals surface area contributed by atoms with E-state index in [1.807, 2.05) is 0 Å². The highest BCUT2D eigenvalue weighted by Crippen LogP contribution is 2.39. The van der Waals surface area contributed by atoms with E-state index in [-0.39, 0.29) is 10.7 Å². The third-order valence-electron chi connectivity index (χ3n) is 3.94. The number of hydrogen-bond acceptors (Lipinski definition) is 4. The van der Waals surface area contributed by atoms with Crippen molar-refractivity contribution in [3.05, 3.63) is 32.3 Å². The number of rotatable bonds is 2. The third kappa shape index (κ3) is 2.26. The van der Waals surface area contributed by atoms with Crippen LogP contribution in [0.1, 0.15) is 0 Å². The van der Waals surface area contributed by atoms with Crippen LogP contribution in [0.2, 0.25) is 10.0 Å². The molecule has 2 fully saturated rings. The second-order valence-electron chi connectivity index (χ2n) is 5.10. The van der Waals surface area contributed by atoms with Crippen LogP contribution in [0.5, 0.6) is 0 Å². The van der Waals surface area contributed by atoms with Gasteiger partial charge in [-0.2, -0.15) is 0 Å². The Kier molecular flexibility index (Phi) is 3.28. The molecule has 1 aromatic carbocycles. The molecular weight excluding hydrogens is 289 g/mol. The minimum atomic E-state index is -0.399. The molecule has 0 amide bonds. The Morgan fingerprint density at radius 1 is 1.21 bits per heavy atom. The van der Waals surface area contributed by atoms with Crippen LogP contribution in [0.4, 0.5) is 11.4 Å². The molecule has 0 spiro atoms. The summed E-state index contributed by atoms with van der Waals surface area (Å²) in [5.41, 5.74) is 0.608. The second-order valence-corrected chi connectivity index (χ2v) is 5.91. The quantitative estimate of drug-likeness (QED) is 0.674. The molecule has 1 aromatic rings. The zero-order valence-corrected chi connectivity index (χ0v) is 11.6. The number of nitrogens with one attached hydrogen (secondary N) is 1. The van der Waals surface area contributed by atoms with Gasteiger partial charge in [-0.15, -0.1) is 0 Å². The maximum Gasteiger partial charge on any atom is 0.294 e. The summed E-state index contributed by atoms with van der Waals surface area (Å²) in [5.74, 6) is 1.13. The molecule has 0 radical (unpaired) electrons. The first-order valence-corrected chi connectivity index (χ1v) is 6.91. The monoisotopic (exact) mass is 301 g/mol. The summed E-state index contributed by atoms with van der Waals surface area (Å²) >= 11 is 11.9. The average molecular weight is 302 g/mol. The van der Waals surface area contributed by atoms with E-state index in [0.29, 0.717) is 22.5 Å². The van der Waals surface area contributed by atoms with Crippen LogP contribution in [0.25, 0.3) is 0 Å². The van der Waals surface area contributed by atoms with Gasteiger partial charge in [-0.05, 0) is 17.9 Å². The molecule has 3 rings (SSSR count). The SMILES string of the molecule is O=[N+]([O-])c1cc(Cl)c(Cl)cc1N1CC2CNCC2C1. The van der Waals surface area contributed by atoms with Crippen molar-refractivity contribution < 1.29 is 4.92 Å². The highest BCUT2D eigenvalue weighted by Gasteiger charge is 2.38. The van der Waals surface area contributed by atoms with Crippen molar-refractivity contribution in [2.45, 2.75) is 0 Å². The van der Waals surface area contributed by atoms with Gasteiger partial charge in [-0.25, -0.2) is 0 Å². The van der Waals surface area contributed by atoms with Gasteiger partial charge in [0.2, 0.25) is 0 Å². The van der Waals surface area contributed by atoms with Crippen molar-refractivity contribution in [2.75, 3.05) is 31.1 Å². The number of halogens is 2. The molecular formula is C12H13Cl2N3O2. The van der Waals surface area contributed by atoms with Crippen molar-refractivity contribution in [1.82, 2.24) is 5.32 Å². The molecule has 2 heterocycles. The van der Waals surface area contributed by atoms with Gasteiger partial charge >= 0.3 is 0 Å². The van der Waals surface area contributed by atoms with Crippen LogP contribution in [-0.2, 0) is 0 Å². The van der Waals surface area contributed by atoms with Crippen molar-refractivity contribution in [1.29, 1.82) is 0 Å². The van der Waals surface area contributed by atoms with E-state index in [1.165, 1.54) is 6.07 Å². The first-order valence-electron chi connectivity index (χ1n) is 6.15. The molecule has 2 atom stereocenters. The zero-order valence-electron chi connectivity index (χ0n) is 10.1. The predicted molar refractivity (Wildman–Crippen MR) is 75.2 cm³/mol. The highest BCUT2D eigenvalue weighted by atomic mass is 35.5. The normalized spacial score (nSPS) is 25.7. The molecule has 2 saturated heterocycles. The standard InChI is InChI=1S/C12H13Cl2N3O2/c13-9-1-11(12(17(18)19)2-10(9)14)16-5-7-3-15-4-8(7)6-16/h1-2,7-8,15H,3-6H2. The summed E-state index contributed by atoms with van der Waals surface area (Å²) in [6, 6.07) is 2.95. The van der Waals surface area contributed by atoms with Crippen LogP contribution in [-0.4, -0.2) is 31.1 Å². The van der Waals surface area contributed by atoms with Crippen LogP contribution >= 0.6 is 23.2 Å². The summed E-state index contributed by atoms with van der Waals surface area (Å²) in [4.78, 5) is 12.8. The van der Waals surface area contributed by atoms with Crippen LogP contribution < -0.4 is 10.2 Å². The van der Waals surface area contributed by atoms with E-state index in [1.54, 1.807) is 6.07 Å². The summed E-state index contributed by atoms with van der Waals surface area (Å²) in [6.07, 6.45) is 0. The lowest BCUT2D eigenvalue weighted by molar-refractivity contribution is -0.384. The molecule has 0 aliphatic carbocycles. The van der Waals surface area contributed by atoms with E-state index in [0.717, 1.165) is 26.2 Å². The zero-order chi connectivity index (χ0) is 13.6. The smallest absolute Gasteiger partial charge is 0.294 e. The first-order chi connectivity index (χ1) is 9.06. The Bertz CT molecular complexity index is 526. The second kappa shape index (κ2) is 4.81. The van der Waals surface area contributed by atoms with Gasteiger partial charge < -0.3 is 10.2 Å². The van der Waals surface area contributed by atoms with Gasteiger partial charge in [0.1, 0.15) is 5.69 Å². The van der Waals surface area contributed by atoms with Crippen molar-refractivity contribution in [3.63, 3.8) is 0 Å². The molecule has 0 saturated carbocycles. The lowest BCUT2D eigenvalue weighted by atomic mass is 10.0. The Balaban J connectivity index is 1.96. The van der Waals surface area contributed by atoms with E-state index in [4.69, 9.17) is 23.2 Å². The molecule has 2 aliphatic heterocycles. The molecule has 7 heteroatoms. The van der Waals surface area contributed by atoms with Gasteiger partial charge in [0.25, 0.3) is 5.69 Å². The van der Waals surface area contributed by atoms with E-state index in [2.05, 4.69) is 10.2 Å². The van der Waals surface area contributed by atoms with Crippen LogP contribution in [0.3, 0.4) is 0 Å². The lowest BCUT2D eigenvalue weighted by Gasteiger charge is -2.20. The van der Waals surface area contributed by atoms with Crippen LogP contribution in [0.15, 0.2) is 12.1 Å². The third-order valence-corrected chi connectivity index (χ3v) is 4.67. The molecule has 2 unspecified atom stereocenters. The van der Waals surface area contributed by atoms with Gasteiger partial charge in [0.15, 0.2) is 0 Å². The van der Waals surface area contributed by atoms with E-state index >= 15 is 0 Å². The van der Waals surface area contributed by atoms with Crippen LogP contribution in [0, 0.1) is 22.0 Å². The average Bonchev–Trinajstić information content (AvgIpc) is 2.92. The fraction of sp³-hybridized carbons (Fsp3) is 0.500. The van der Waals surface area contributed by atoms with E-state index in [9.17, 15) is 10.1 Å². The van der Waals surface area contributed by atoms with E-state index < -0.39 is 4.92 Å². The number of nitrogens with zero attached hydrogens (tertiary/aromatic N) is 2. The Labute approximate surface area is 120 Å². The molecule has 0 aromatic heterocycles.